The molecule has 1 aliphatic heterocycles. The fraction of sp³-hybridized carbons (Fsp3) is 0.606. The molecule has 1 amide bonds. The van der Waals surface area contributed by atoms with E-state index in [4.69, 9.17) is 4.74 Å². The first-order chi connectivity index (χ1) is 19.5. The van der Waals surface area contributed by atoms with Gasteiger partial charge in [0.2, 0.25) is 5.78 Å². The van der Waals surface area contributed by atoms with Crippen LogP contribution in [-0.4, -0.2) is 59.3 Å². The zero-order chi connectivity index (χ0) is 29.0. The minimum atomic E-state index is -1.69. The summed E-state index contributed by atoms with van der Waals surface area (Å²) >= 11 is 0. The van der Waals surface area contributed by atoms with Crippen LogP contribution in [-0.2, 0) is 14.3 Å². The monoisotopic (exact) mass is 562 g/mol. The number of Topliss-reactive ketones (excluding diaryl/α,β-unsaturated/α-hetero) is 1. The van der Waals surface area contributed by atoms with Crippen molar-refractivity contribution < 1.29 is 29.3 Å². The predicted molar refractivity (Wildman–Crippen MR) is 155 cm³/mol. The van der Waals surface area contributed by atoms with E-state index in [0.717, 1.165) is 37.2 Å². The summed E-state index contributed by atoms with van der Waals surface area (Å²) in [7, 11) is 0. The fourth-order valence-corrected chi connectivity index (χ4v) is 9.10. The van der Waals surface area contributed by atoms with Crippen molar-refractivity contribution in [2.24, 2.45) is 28.6 Å². The van der Waals surface area contributed by atoms with Crippen LogP contribution >= 0.6 is 0 Å². The third-order valence-corrected chi connectivity index (χ3v) is 11.3. The van der Waals surface area contributed by atoms with Gasteiger partial charge in [0, 0.05) is 41.2 Å². The van der Waals surface area contributed by atoms with Gasteiger partial charge in [-0.25, -0.2) is 4.79 Å². The number of allylic oxidation sites excluding steroid dienone is 4. The Morgan fingerprint density at radius 3 is 2.56 bits per heavy atom. The van der Waals surface area contributed by atoms with E-state index in [2.05, 4.69) is 17.1 Å². The van der Waals surface area contributed by atoms with Crippen molar-refractivity contribution in [3.05, 3.63) is 48.1 Å². The summed E-state index contributed by atoms with van der Waals surface area (Å²) in [5, 5.41) is 26.1. The first kappa shape index (κ1) is 28.2. The van der Waals surface area contributed by atoms with Gasteiger partial charge in [-0.15, -0.1) is 0 Å². The van der Waals surface area contributed by atoms with Crippen LogP contribution in [0.3, 0.4) is 0 Å². The number of hydrogen-bond acceptors (Lipinski definition) is 7. The maximum absolute atomic E-state index is 13.5. The normalized spacial score (nSPS) is 37.9. The van der Waals surface area contributed by atoms with Gasteiger partial charge in [0.25, 0.3) is 0 Å². The van der Waals surface area contributed by atoms with Crippen LogP contribution in [0.5, 0.6) is 0 Å². The smallest absolute Gasteiger partial charge is 0.412 e. The average molecular weight is 563 g/mol. The maximum atomic E-state index is 13.5. The highest BCUT2D eigenvalue weighted by atomic mass is 16.6. The van der Waals surface area contributed by atoms with E-state index in [1.165, 1.54) is 19.3 Å². The first-order valence-corrected chi connectivity index (χ1v) is 15.2. The van der Waals surface area contributed by atoms with Crippen LogP contribution in [0.4, 0.5) is 16.2 Å². The second kappa shape index (κ2) is 10.4. The number of aliphatic hydroxyl groups excluding tert-OH is 1. The number of amides is 1. The van der Waals surface area contributed by atoms with Gasteiger partial charge in [0.1, 0.15) is 5.60 Å². The molecule has 4 aliphatic carbocycles. The molecule has 8 nitrogen and oxygen atoms in total. The predicted octanol–water partition coefficient (Wildman–Crippen LogP) is 4.80. The van der Waals surface area contributed by atoms with Crippen LogP contribution in [0.2, 0.25) is 0 Å². The van der Waals surface area contributed by atoms with Gasteiger partial charge in [-0.3, -0.25) is 14.9 Å². The SMILES string of the molecule is CC12C=CC(=O)C=C1CCC1C2[C@@H](O)CC2(C)C1CC[C@]2(O)C(=O)COC(=O)Nc1ccc(N2CCCCC2)cc1. The van der Waals surface area contributed by atoms with Crippen molar-refractivity contribution in [3.8, 4) is 0 Å². The Morgan fingerprint density at radius 1 is 1.10 bits per heavy atom. The Labute approximate surface area is 241 Å². The van der Waals surface area contributed by atoms with Gasteiger partial charge >= 0.3 is 6.09 Å². The molecule has 41 heavy (non-hydrogen) atoms. The molecule has 3 saturated carbocycles. The minimum absolute atomic E-state index is 0.00889. The number of nitrogens with one attached hydrogen (secondary N) is 1. The van der Waals surface area contributed by atoms with E-state index in [-0.39, 0.29) is 36.4 Å². The third-order valence-electron chi connectivity index (χ3n) is 11.3. The summed E-state index contributed by atoms with van der Waals surface area (Å²) in [6.07, 6.45) is 10.2. The number of rotatable bonds is 5. The van der Waals surface area contributed by atoms with Crippen LogP contribution in [0.15, 0.2) is 48.1 Å². The molecule has 3 N–H and O–H groups in total. The number of nitrogens with zero attached hydrogens (tertiary/aromatic N) is 1. The van der Waals surface area contributed by atoms with Gasteiger partial charge in [-0.2, -0.15) is 0 Å². The van der Waals surface area contributed by atoms with Crippen molar-refractivity contribution in [2.75, 3.05) is 29.9 Å². The number of carbonyl (C=O) groups is 3. The second-order valence-corrected chi connectivity index (χ2v) is 13.3. The van der Waals surface area contributed by atoms with Crippen LogP contribution in [0.25, 0.3) is 0 Å². The van der Waals surface area contributed by atoms with E-state index in [0.29, 0.717) is 12.1 Å². The molecule has 4 fully saturated rings. The second-order valence-electron chi connectivity index (χ2n) is 13.3. The number of fused-ring (bicyclic) bond motifs is 5. The lowest BCUT2D eigenvalue weighted by molar-refractivity contribution is -0.178. The molecule has 1 heterocycles. The Hall–Kier alpha value is -2.97. The molecular formula is C33H42N2O6. The van der Waals surface area contributed by atoms with Gasteiger partial charge in [0.05, 0.1) is 6.10 Å². The van der Waals surface area contributed by atoms with Crippen molar-refractivity contribution in [2.45, 2.75) is 76.9 Å². The number of aliphatic hydroxyl groups is 2. The summed E-state index contributed by atoms with van der Waals surface area (Å²) < 4.78 is 5.31. The standard InChI is InChI=1S/C33H42N2O6/c1-31-14-12-24(36)18-21(31)6-11-25-26-13-15-33(40,32(26,2)19-27(37)29(25)31)28(38)20-41-30(39)34-22-7-9-23(10-8-22)35-16-4-3-5-17-35/h7-10,12,14,18,25-27,29,37,40H,3-6,11,13,15-17,19-20H2,1-2H3,(H,34,39)/t25?,26?,27-,29?,31?,32?,33-/m0/s1. The Bertz CT molecular complexity index is 1280. The number of ketones is 2. The van der Waals surface area contributed by atoms with Crippen molar-refractivity contribution in [1.29, 1.82) is 0 Å². The molecule has 0 spiro atoms. The Kier molecular flexibility index (Phi) is 7.13. The summed E-state index contributed by atoms with van der Waals surface area (Å²) in [6.45, 7) is 5.56. The lowest BCUT2D eigenvalue weighted by atomic mass is 9.46. The molecule has 220 valence electrons. The number of carbonyl (C=O) groups excluding carboxylic acids is 3. The van der Waals surface area contributed by atoms with Crippen molar-refractivity contribution >= 4 is 29.0 Å². The minimum Gasteiger partial charge on any atom is -0.441 e. The maximum Gasteiger partial charge on any atom is 0.412 e. The average Bonchev–Trinajstić information content (AvgIpc) is 3.23. The van der Waals surface area contributed by atoms with Crippen LogP contribution < -0.4 is 10.2 Å². The van der Waals surface area contributed by atoms with Crippen molar-refractivity contribution in [1.82, 2.24) is 0 Å². The van der Waals surface area contributed by atoms with Gasteiger partial charge in [-0.05, 0) is 99.6 Å². The molecule has 5 aliphatic rings. The number of ether oxygens (including phenoxy) is 1. The molecule has 8 heteroatoms. The molecule has 0 radical (unpaired) electrons. The number of benzene rings is 1. The zero-order valence-corrected chi connectivity index (χ0v) is 24.1. The highest BCUT2D eigenvalue weighted by Crippen LogP contribution is 2.67. The third kappa shape index (κ3) is 4.63. The quantitative estimate of drug-likeness (QED) is 0.472. The topological polar surface area (TPSA) is 116 Å². The molecule has 1 aromatic carbocycles. The molecule has 5 unspecified atom stereocenters. The summed E-state index contributed by atoms with van der Waals surface area (Å²) in [4.78, 5) is 40.4. The van der Waals surface area contributed by atoms with E-state index >= 15 is 0 Å². The highest BCUT2D eigenvalue weighted by molar-refractivity contribution is 6.01. The van der Waals surface area contributed by atoms with E-state index in [1.807, 2.05) is 37.3 Å². The summed E-state index contributed by atoms with van der Waals surface area (Å²) in [5.74, 6) is -0.449. The largest absolute Gasteiger partial charge is 0.441 e. The first-order valence-electron chi connectivity index (χ1n) is 15.2. The Morgan fingerprint density at radius 2 is 1.83 bits per heavy atom. The summed E-state index contributed by atoms with van der Waals surface area (Å²) in [5.41, 5.74) is -0.160. The fourth-order valence-electron chi connectivity index (χ4n) is 9.10. The van der Waals surface area contributed by atoms with Crippen LogP contribution in [0, 0.1) is 28.6 Å². The van der Waals surface area contributed by atoms with Gasteiger partial charge in [0.15, 0.2) is 12.4 Å². The molecule has 6 rings (SSSR count). The lowest BCUT2D eigenvalue weighted by Gasteiger charge is -2.59. The van der Waals surface area contributed by atoms with Crippen molar-refractivity contribution in [3.63, 3.8) is 0 Å². The Balaban J connectivity index is 1.10. The molecule has 1 saturated heterocycles. The highest BCUT2D eigenvalue weighted by Gasteiger charge is 2.68. The van der Waals surface area contributed by atoms with Gasteiger partial charge in [-0.1, -0.05) is 25.5 Å². The van der Waals surface area contributed by atoms with E-state index in [1.54, 1.807) is 12.2 Å². The van der Waals surface area contributed by atoms with E-state index in [9.17, 15) is 24.6 Å². The zero-order valence-electron chi connectivity index (χ0n) is 24.1. The molecular weight excluding hydrogens is 520 g/mol. The molecule has 0 aromatic heterocycles. The summed E-state index contributed by atoms with van der Waals surface area (Å²) in [6, 6.07) is 7.60. The molecule has 7 atom stereocenters. The van der Waals surface area contributed by atoms with Crippen LogP contribution in [0.1, 0.15) is 65.2 Å². The van der Waals surface area contributed by atoms with Gasteiger partial charge < -0.3 is 19.8 Å². The number of anilines is 2. The number of piperidine rings is 1. The molecule has 1 aromatic rings. The lowest BCUT2D eigenvalue weighted by Crippen LogP contribution is -2.61. The van der Waals surface area contributed by atoms with E-state index < -0.39 is 41.0 Å². The number of hydrogen-bond donors (Lipinski definition) is 3. The molecule has 0 bridgehead atoms.